The molecule has 19 heavy (non-hydrogen) atoms. The number of rotatable bonds is 9. The summed E-state index contributed by atoms with van der Waals surface area (Å²) < 4.78 is 5.39. The first-order chi connectivity index (χ1) is 9.08. The van der Waals surface area contributed by atoms with Crippen LogP contribution in [0.1, 0.15) is 42.1 Å². The minimum Gasteiger partial charge on any atom is -0.478 e. The van der Waals surface area contributed by atoms with Crippen LogP contribution in [0.4, 0.5) is 0 Å². The number of carboxylic acids is 1. The third-order valence-corrected chi connectivity index (χ3v) is 3.22. The largest absolute Gasteiger partial charge is 0.478 e. The molecule has 5 nitrogen and oxygen atoms in total. The van der Waals surface area contributed by atoms with Crippen molar-refractivity contribution in [2.24, 2.45) is 0 Å². The molecular formula is C14H24N2O3. The van der Waals surface area contributed by atoms with Gasteiger partial charge >= 0.3 is 5.97 Å². The second-order valence-electron chi connectivity index (χ2n) is 4.54. The Kier molecular flexibility index (Phi) is 6.59. The van der Waals surface area contributed by atoms with Gasteiger partial charge < -0.3 is 19.7 Å². The van der Waals surface area contributed by atoms with Gasteiger partial charge in [-0.15, -0.1) is 0 Å². The first-order valence-electron chi connectivity index (χ1n) is 6.84. The Labute approximate surface area is 114 Å². The number of carbonyl (C=O) groups is 1. The van der Waals surface area contributed by atoms with Crippen LogP contribution in [-0.4, -0.2) is 42.2 Å². The molecule has 0 radical (unpaired) electrons. The van der Waals surface area contributed by atoms with E-state index in [0.717, 1.165) is 32.6 Å². The summed E-state index contributed by atoms with van der Waals surface area (Å²) in [5, 5.41) is 12.2. The molecule has 0 unspecified atom stereocenters. The van der Waals surface area contributed by atoms with Crippen molar-refractivity contribution in [1.29, 1.82) is 0 Å². The van der Waals surface area contributed by atoms with E-state index < -0.39 is 5.97 Å². The highest BCUT2D eigenvalue weighted by atomic mass is 16.4. The Bertz CT molecular complexity index is 397. The second kappa shape index (κ2) is 7.96. The topological polar surface area (TPSA) is 65.7 Å². The maximum atomic E-state index is 10.9. The molecule has 0 aliphatic carbocycles. The fourth-order valence-corrected chi connectivity index (χ4v) is 2.02. The monoisotopic (exact) mass is 268 g/mol. The molecule has 108 valence electrons. The molecule has 0 fully saturated rings. The van der Waals surface area contributed by atoms with Crippen LogP contribution in [0, 0.1) is 6.92 Å². The summed E-state index contributed by atoms with van der Waals surface area (Å²) in [5.74, 6) is 0.208. The van der Waals surface area contributed by atoms with E-state index in [4.69, 9.17) is 9.52 Å². The molecule has 0 atom stereocenters. The van der Waals surface area contributed by atoms with E-state index in [1.165, 1.54) is 0 Å². The highest BCUT2D eigenvalue weighted by Crippen LogP contribution is 2.14. The fourth-order valence-electron chi connectivity index (χ4n) is 2.02. The molecule has 0 aliphatic rings. The first kappa shape index (κ1) is 15.7. The molecule has 0 aliphatic heterocycles. The Balaban J connectivity index is 2.26. The van der Waals surface area contributed by atoms with Gasteiger partial charge in [0.2, 0.25) is 0 Å². The highest BCUT2D eigenvalue weighted by Gasteiger charge is 2.13. The molecule has 5 heteroatoms. The Hall–Kier alpha value is -1.33. The van der Waals surface area contributed by atoms with Gasteiger partial charge in [0.25, 0.3) is 0 Å². The van der Waals surface area contributed by atoms with Gasteiger partial charge in [0.1, 0.15) is 17.1 Å². The highest BCUT2D eigenvalue weighted by molar-refractivity contribution is 5.88. The zero-order valence-electron chi connectivity index (χ0n) is 12.0. The Morgan fingerprint density at radius 1 is 1.42 bits per heavy atom. The van der Waals surface area contributed by atoms with Crippen molar-refractivity contribution in [3.8, 4) is 0 Å². The van der Waals surface area contributed by atoms with Crippen LogP contribution >= 0.6 is 0 Å². The Morgan fingerprint density at radius 2 is 2.11 bits per heavy atom. The summed E-state index contributed by atoms with van der Waals surface area (Å²) in [7, 11) is 0. The van der Waals surface area contributed by atoms with Gasteiger partial charge in [0.05, 0.1) is 6.54 Å². The lowest BCUT2D eigenvalue weighted by Gasteiger charge is -2.17. The van der Waals surface area contributed by atoms with Crippen LogP contribution in [0.25, 0.3) is 0 Å². The lowest BCUT2D eigenvalue weighted by Crippen LogP contribution is -2.27. The van der Waals surface area contributed by atoms with Gasteiger partial charge in [-0.25, -0.2) is 4.79 Å². The summed E-state index contributed by atoms with van der Waals surface area (Å²) in [6.07, 6.45) is 1.08. The molecule has 1 rings (SSSR count). The number of aryl methyl sites for hydroxylation is 1. The molecular weight excluding hydrogens is 244 g/mol. The number of hydrogen-bond donors (Lipinski definition) is 2. The lowest BCUT2D eigenvalue weighted by molar-refractivity contribution is 0.0695. The molecule has 2 N–H and O–H groups in total. The zero-order chi connectivity index (χ0) is 14.3. The number of hydrogen-bond acceptors (Lipinski definition) is 4. The van der Waals surface area contributed by atoms with Crippen LogP contribution in [0.5, 0.6) is 0 Å². The molecule has 1 heterocycles. The average Bonchev–Trinajstić information content (AvgIpc) is 2.75. The van der Waals surface area contributed by atoms with Crippen molar-refractivity contribution in [1.82, 2.24) is 10.2 Å². The van der Waals surface area contributed by atoms with Crippen molar-refractivity contribution in [2.75, 3.05) is 26.2 Å². The Morgan fingerprint density at radius 3 is 2.63 bits per heavy atom. The number of carboxylic acid groups (broad SMARTS) is 1. The maximum absolute atomic E-state index is 10.9. The molecule has 0 saturated heterocycles. The number of nitrogens with one attached hydrogen (secondary N) is 1. The zero-order valence-corrected chi connectivity index (χ0v) is 12.0. The normalized spacial score (nSPS) is 11.2. The standard InChI is InChI=1S/C14H24N2O3/c1-4-16(5-2)8-6-7-15-10-12-9-13(14(17)18)11(3)19-12/h9,15H,4-8,10H2,1-3H3,(H,17,18). The molecule has 0 amide bonds. The average molecular weight is 268 g/mol. The summed E-state index contributed by atoms with van der Waals surface area (Å²) in [4.78, 5) is 13.2. The maximum Gasteiger partial charge on any atom is 0.339 e. The smallest absolute Gasteiger partial charge is 0.339 e. The number of aromatic carboxylic acids is 1. The van der Waals surface area contributed by atoms with Gasteiger partial charge in [-0.1, -0.05) is 13.8 Å². The molecule has 0 spiro atoms. The molecule has 1 aromatic rings. The summed E-state index contributed by atoms with van der Waals surface area (Å²) in [6.45, 7) is 10.7. The van der Waals surface area contributed by atoms with E-state index in [0.29, 0.717) is 18.1 Å². The SMILES string of the molecule is CCN(CC)CCCNCc1cc(C(=O)O)c(C)o1. The van der Waals surface area contributed by atoms with Crippen molar-refractivity contribution < 1.29 is 14.3 Å². The van der Waals surface area contributed by atoms with Crippen LogP contribution < -0.4 is 5.32 Å². The van der Waals surface area contributed by atoms with E-state index >= 15 is 0 Å². The third kappa shape index (κ3) is 5.04. The van der Waals surface area contributed by atoms with Crippen molar-refractivity contribution >= 4 is 5.97 Å². The van der Waals surface area contributed by atoms with Gasteiger partial charge in [-0.3, -0.25) is 0 Å². The minimum atomic E-state index is -0.936. The van der Waals surface area contributed by atoms with Gasteiger partial charge in [0.15, 0.2) is 0 Å². The van der Waals surface area contributed by atoms with Gasteiger partial charge in [0, 0.05) is 0 Å². The fraction of sp³-hybridized carbons (Fsp3) is 0.643. The number of nitrogens with zero attached hydrogens (tertiary/aromatic N) is 1. The van der Waals surface area contributed by atoms with Crippen LogP contribution in [0.2, 0.25) is 0 Å². The van der Waals surface area contributed by atoms with E-state index in [-0.39, 0.29) is 5.56 Å². The third-order valence-electron chi connectivity index (χ3n) is 3.22. The van der Waals surface area contributed by atoms with E-state index in [2.05, 4.69) is 24.1 Å². The van der Waals surface area contributed by atoms with E-state index in [1.807, 2.05) is 0 Å². The summed E-state index contributed by atoms with van der Waals surface area (Å²) in [6, 6.07) is 1.59. The second-order valence-corrected chi connectivity index (χ2v) is 4.54. The van der Waals surface area contributed by atoms with Crippen LogP contribution in [-0.2, 0) is 6.54 Å². The quantitative estimate of drug-likeness (QED) is 0.671. The molecule has 1 aromatic heterocycles. The van der Waals surface area contributed by atoms with Crippen molar-refractivity contribution in [3.63, 3.8) is 0 Å². The predicted octanol–water partition coefficient (Wildman–Crippen LogP) is 2.11. The van der Waals surface area contributed by atoms with Gasteiger partial charge in [-0.05, 0) is 45.6 Å². The summed E-state index contributed by atoms with van der Waals surface area (Å²) >= 11 is 0. The van der Waals surface area contributed by atoms with Crippen LogP contribution in [0.15, 0.2) is 10.5 Å². The lowest BCUT2D eigenvalue weighted by atomic mass is 10.2. The molecule has 0 bridgehead atoms. The van der Waals surface area contributed by atoms with E-state index in [9.17, 15) is 4.79 Å². The number of furan rings is 1. The van der Waals surface area contributed by atoms with Crippen molar-refractivity contribution in [3.05, 3.63) is 23.2 Å². The molecule has 0 aromatic carbocycles. The first-order valence-corrected chi connectivity index (χ1v) is 6.84. The van der Waals surface area contributed by atoms with Crippen molar-refractivity contribution in [2.45, 2.75) is 33.7 Å². The predicted molar refractivity (Wildman–Crippen MR) is 74.5 cm³/mol. The minimum absolute atomic E-state index is 0.250. The van der Waals surface area contributed by atoms with Crippen LogP contribution in [0.3, 0.4) is 0 Å². The molecule has 0 saturated carbocycles. The van der Waals surface area contributed by atoms with Gasteiger partial charge in [-0.2, -0.15) is 0 Å². The van der Waals surface area contributed by atoms with E-state index in [1.54, 1.807) is 13.0 Å². The summed E-state index contributed by atoms with van der Waals surface area (Å²) in [5.41, 5.74) is 0.250.